The Hall–Kier alpha value is -1.95. The molecule has 6 nitrogen and oxygen atoms in total. The van der Waals surface area contributed by atoms with Crippen molar-refractivity contribution in [1.29, 1.82) is 0 Å². The van der Waals surface area contributed by atoms with Crippen LogP contribution in [0, 0.1) is 6.92 Å². The van der Waals surface area contributed by atoms with Crippen molar-refractivity contribution in [2.45, 2.75) is 45.6 Å². The molecule has 0 aliphatic carbocycles. The van der Waals surface area contributed by atoms with Crippen LogP contribution in [0.2, 0.25) is 0 Å². The average molecular weight is 319 g/mol. The number of hydrogen-bond acceptors (Lipinski definition) is 5. The van der Waals surface area contributed by atoms with E-state index >= 15 is 0 Å². The number of aliphatic hydroxyl groups is 1. The van der Waals surface area contributed by atoms with Crippen LogP contribution in [0.25, 0.3) is 0 Å². The molecule has 1 aliphatic heterocycles. The number of carbonyl (C=O) groups is 1. The van der Waals surface area contributed by atoms with Crippen LogP contribution in [-0.4, -0.2) is 51.9 Å². The van der Waals surface area contributed by atoms with Crippen molar-refractivity contribution in [2.24, 2.45) is 4.99 Å². The topological polar surface area (TPSA) is 86.0 Å². The largest absolute Gasteiger partial charge is 0.505 e. The number of aromatic hydroxyl groups is 1. The number of aliphatic hydroxyl groups excluding tert-OH is 1. The molecule has 0 aromatic carbocycles. The Labute approximate surface area is 136 Å². The van der Waals surface area contributed by atoms with Crippen LogP contribution in [0.4, 0.5) is 0 Å². The molecule has 2 N–H and O–H groups in total. The van der Waals surface area contributed by atoms with Gasteiger partial charge in [-0.1, -0.05) is 6.42 Å². The van der Waals surface area contributed by atoms with Gasteiger partial charge in [0.05, 0.1) is 12.3 Å². The summed E-state index contributed by atoms with van der Waals surface area (Å²) in [4.78, 5) is 22.2. The number of aromatic nitrogens is 1. The van der Waals surface area contributed by atoms with Gasteiger partial charge in [0.2, 0.25) is 5.91 Å². The highest BCUT2D eigenvalue weighted by Crippen LogP contribution is 2.21. The molecule has 0 unspecified atom stereocenters. The minimum absolute atomic E-state index is 0.0583. The van der Waals surface area contributed by atoms with Crippen LogP contribution >= 0.6 is 0 Å². The maximum absolute atomic E-state index is 11.9. The number of hydrogen-bond donors (Lipinski definition) is 2. The fourth-order valence-electron chi connectivity index (χ4n) is 2.71. The van der Waals surface area contributed by atoms with Crippen molar-refractivity contribution < 1.29 is 15.0 Å². The molecule has 0 atom stereocenters. The molecular weight excluding hydrogens is 294 g/mol. The van der Waals surface area contributed by atoms with Crippen LogP contribution < -0.4 is 0 Å². The fraction of sp³-hybridized carbons (Fsp3) is 0.588. The number of amides is 1. The Morgan fingerprint density at radius 3 is 3.00 bits per heavy atom. The summed E-state index contributed by atoms with van der Waals surface area (Å²) in [5.74, 6) is 0.305. The zero-order chi connectivity index (χ0) is 16.7. The molecule has 0 spiro atoms. The van der Waals surface area contributed by atoms with Crippen LogP contribution in [0.3, 0.4) is 0 Å². The molecule has 1 saturated heterocycles. The Kier molecular flexibility index (Phi) is 6.52. The quantitative estimate of drug-likeness (QED) is 0.618. The zero-order valence-corrected chi connectivity index (χ0v) is 13.7. The van der Waals surface area contributed by atoms with Crippen LogP contribution in [0.1, 0.15) is 48.9 Å². The number of aryl methyl sites for hydroxylation is 1. The molecule has 0 saturated carbocycles. The van der Waals surface area contributed by atoms with Gasteiger partial charge < -0.3 is 15.1 Å². The number of rotatable bonds is 6. The lowest BCUT2D eigenvalue weighted by Gasteiger charge is -2.19. The van der Waals surface area contributed by atoms with Gasteiger partial charge >= 0.3 is 0 Å². The lowest BCUT2D eigenvalue weighted by molar-refractivity contribution is -0.130. The van der Waals surface area contributed by atoms with Gasteiger partial charge in [0.1, 0.15) is 5.75 Å². The number of likely N-dealkylation sites (tertiary alicyclic amines) is 1. The monoisotopic (exact) mass is 319 g/mol. The second-order valence-electron chi connectivity index (χ2n) is 5.87. The summed E-state index contributed by atoms with van der Waals surface area (Å²) < 4.78 is 0. The van der Waals surface area contributed by atoms with E-state index in [0.717, 1.165) is 38.8 Å². The highest BCUT2D eigenvalue weighted by Gasteiger charge is 2.15. The predicted molar refractivity (Wildman–Crippen MR) is 88.7 cm³/mol. The smallest absolute Gasteiger partial charge is 0.222 e. The van der Waals surface area contributed by atoms with Gasteiger partial charge in [-0.05, 0) is 26.2 Å². The Morgan fingerprint density at radius 2 is 2.22 bits per heavy atom. The fourth-order valence-corrected chi connectivity index (χ4v) is 2.71. The summed E-state index contributed by atoms with van der Waals surface area (Å²) in [5.41, 5.74) is 1.59. The first kappa shape index (κ1) is 17.4. The van der Waals surface area contributed by atoms with Gasteiger partial charge in [-0.25, -0.2) is 0 Å². The first-order chi connectivity index (χ1) is 11.1. The van der Waals surface area contributed by atoms with E-state index in [2.05, 4.69) is 9.98 Å². The minimum atomic E-state index is -0.190. The van der Waals surface area contributed by atoms with Crippen molar-refractivity contribution in [1.82, 2.24) is 9.88 Å². The number of carbonyl (C=O) groups excluding carboxylic acids is 1. The van der Waals surface area contributed by atoms with E-state index in [0.29, 0.717) is 29.8 Å². The second-order valence-corrected chi connectivity index (χ2v) is 5.87. The first-order valence-electron chi connectivity index (χ1n) is 8.19. The normalized spacial score (nSPS) is 16.1. The molecule has 1 aromatic rings. The predicted octanol–water partition coefficient (Wildman–Crippen LogP) is 1.80. The third-order valence-corrected chi connectivity index (χ3v) is 4.14. The van der Waals surface area contributed by atoms with E-state index < -0.39 is 0 Å². The molecule has 1 aliphatic rings. The van der Waals surface area contributed by atoms with Crippen molar-refractivity contribution in [2.75, 3.05) is 19.6 Å². The molecule has 0 radical (unpaired) electrons. The third-order valence-electron chi connectivity index (χ3n) is 4.14. The van der Waals surface area contributed by atoms with Crippen LogP contribution in [0.5, 0.6) is 5.75 Å². The highest BCUT2D eigenvalue weighted by molar-refractivity contribution is 5.85. The Morgan fingerprint density at radius 1 is 1.39 bits per heavy atom. The number of aliphatic imine (C=N–C) groups is 1. The van der Waals surface area contributed by atoms with E-state index in [1.807, 2.05) is 4.90 Å². The SMILES string of the molecule is Cc1ncc(CO)c(C=NCCCN2CCCCCC2=O)c1O. The van der Waals surface area contributed by atoms with Gasteiger partial charge in [0.25, 0.3) is 0 Å². The number of pyridine rings is 1. The molecule has 1 aromatic heterocycles. The maximum Gasteiger partial charge on any atom is 0.222 e. The van der Waals surface area contributed by atoms with Crippen molar-refractivity contribution in [3.63, 3.8) is 0 Å². The molecule has 6 heteroatoms. The summed E-state index contributed by atoms with van der Waals surface area (Å²) in [6.07, 6.45) is 7.79. The summed E-state index contributed by atoms with van der Waals surface area (Å²) in [6, 6.07) is 0. The molecular formula is C17H25N3O3. The van der Waals surface area contributed by atoms with E-state index in [-0.39, 0.29) is 18.3 Å². The lowest BCUT2D eigenvalue weighted by Crippen LogP contribution is -2.31. The third kappa shape index (κ3) is 4.76. The summed E-state index contributed by atoms with van der Waals surface area (Å²) in [5, 5.41) is 19.3. The van der Waals surface area contributed by atoms with E-state index in [4.69, 9.17) is 0 Å². The minimum Gasteiger partial charge on any atom is -0.505 e. The van der Waals surface area contributed by atoms with Crippen LogP contribution in [-0.2, 0) is 11.4 Å². The molecule has 2 heterocycles. The highest BCUT2D eigenvalue weighted by atomic mass is 16.3. The Bertz CT molecular complexity index is 572. The van der Waals surface area contributed by atoms with Crippen molar-refractivity contribution in [3.05, 3.63) is 23.0 Å². The molecule has 2 rings (SSSR count). The van der Waals surface area contributed by atoms with Crippen LogP contribution in [0.15, 0.2) is 11.2 Å². The van der Waals surface area contributed by atoms with Gasteiger partial charge in [0, 0.05) is 49.6 Å². The maximum atomic E-state index is 11.9. The van der Waals surface area contributed by atoms with Crippen molar-refractivity contribution >= 4 is 12.1 Å². The second kappa shape index (κ2) is 8.62. The number of nitrogens with zero attached hydrogens (tertiary/aromatic N) is 3. The summed E-state index contributed by atoms with van der Waals surface area (Å²) in [7, 11) is 0. The summed E-state index contributed by atoms with van der Waals surface area (Å²) in [6.45, 7) is 3.67. The summed E-state index contributed by atoms with van der Waals surface area (Å²) >= 11 is 0. The van der Waals surface area contributed by atoms with E-state index in [9.17, 15) is 15.0 Å². The molecule has 23 heavy (non-hydrogen) atoms. The van der Waals surface area contributed by atoms with Crippen molar-refractivity contribution in [3.8, 4) is 5.75 Å². The molecule has 1 amide bonds. The first-order valence-corrected chi connectivity index (χ1v) is 8.19. The zero-order valence-electron chi connectivity index (χ0n) is 13.7. The Balaban J connectivity index is 1.87. The molecule has 1 fully saturated rings. The van der Waals surface area contributed by atoms with E-state index in [1.165, 1.54) is 0 Å². The van der Waals surface area contributed by atoms with E-state index in [1.54, 1.807) is 19.3 Å². The lowest BCUT2D eigenvalue weighted by atomic mass is 10.1. The average Bonchev–Trinajstić information content (AvgIpc) is 2.75. The van der Waals surface area contributed by atoms with Gasteiger partial charge in [-0.2, -0.15) is 0 Å². The standard InChI is InChI=1S/C17H25N3O3/c1-13-17(23)15(14(12-21)10-19-13)11-18-7-5-9-20-8-4-2-3-6-16(20)22/h10-11,21,23H,2-9,12H2,1H3. The van der Waals surface area contributed by atoms with Gasteiger partial charge in [0.15, 0.2) is 0 Å². The van der Waals surface area contributed by atoms with Gasteiger partial charge in [-0.15, -0.1) is 0 Å². The van der Waals surface area contributed by atoms with Gasteiger partial charge in [-0.3, -0.25) is 14.8 Å². The molecule has 0 bridgehead atoms. The molecule has 126 valence electrons.